The molecule has 0 aliphatic carbocycles. The summed E-state index contributed by atoms with van der Waals surface area (Å²) in [7, 11) is 1.86. The maximum absolute atomic E-state index is 10.6. The van der Waals surface area contributed by atoms with Gasteiger partial charge >= 0.3 is 0 Å². The van der Waals surface area contributed by atoms with Gasteiger partial charge in [-0.1, -0.05) is 6.58 Å². The van der Waals surface area contributed by atoms with E-state index in [0.29, 0.717) is 0 Å². The number of carbonyl (C=O) groups excluding carboxylic acids is 1. The third-order valence-electron chi connectivity index (χ3n) is 2.19. The summed E-state index contributed by atoms with van der Waals surface area (Å²) >= 11 is 3.19. The van der Waals surface area contributed by atoms with Gasteiger partial charge in [0.15, 0.2) is 6.29 Å². The third-order valence-corrected chi connectivity index (χ3v) is 4.54. The summed E-state index contributed by atoms with van der Waals surface area (Å²) in [6.07, 6.45) is 0.884. The van der Waals surface area contributed by atoms with Gasteiger partial charge in [0.05, 0.1) is 9.75 Å². The van der Waals surface area contributed by atoms with Gasteiger partial charge in [0.1, 0.15) is 0 Å². The second kappa shape index (κ2) is 4.63. The molecule has 0 aliphatic heterocycles. The van der Waals surface area contributed by atoms with E-state index in [1.165, 1.54) is 16.2 Å². The fourth-order valence-electron chi connectivity index (χ4n) is 1.30. The highest BCUT2D eigenvalue weighted by molar-refractivity contribution is 7.23. The molecule has 0 aliphatic rings. The highest BCUT2D eigenvalue weighted by Crippen LogP contribution is 2.34. The van der Waals surface area contributed by atoms with Crippen molar-refractivity contribution in [3.8, 4) is 9.75 Å². The van der Waals surface area contributed by atoms with Gasteiger partial charge in [-0.3, -0.25) is 4.79 Å². The van der Waals surface area contributed by atoms with E-state index in [-0.39, 0.29) is 0 Å². The van der Waals surface area contributed by atoms with Crippen LogP contribution in [-0.4, -0.2) is 13.3 Å². The van der Waals surface area contributed by atoms with E-state index in [1.807, 2.05) is 25.2 Å². The molecular weight excluding hydrogens is 238 g/mol. The van der Waals surface area contributed by atoms with E-state index in [0.717, 1.165) is 26.6 Å². The van der Waals surface area contributed by atoms with Crippen LogP contribution in [0.15, 0.2) is 30.8 Å². The lowest BCUT2D eigenvalue weighted by molar-refractivity contribution is 0.112. The van der Waals surface area contributed by atoms with E-state index >= 15 is 0 Å². The summed E-state index contributed by atoms with van der Waals surface area (Å²) in [6, 6.07) is 7.92. The summed E-state index contributed by atoms with van der Waals surface area (Å²) in [5, 5.41) is 3.03. The van der Waals surface area contributed by atoms with Gasteiger partial charge in [-0.15, -0.1) is 22.7 Å². The van der Waals surface area contributed by atoms with Crippen LogP contribution in [0.1, 0.15) is 14.5 Å². The number of hydrogen-bond donors (Lipinski definition) is 1. The standard InChI is InChI=1S/C12H11NOS2/c1-8(13-2)10-5-6-12(16-10)11-4-3-9(7-14)15-11/h3-7,13H,1H2,2H3. The number of rotatable bonds is 4. The zero-order chi connectivity index (χ0) is 11.5. The number of aldehydes is 1. The van der Waals surface area contributed by atoms with Crippen LogP contribution < -0.4 is 5.32 Å². The maximum Gasteiger partial charge on any atom is 0.160 e. The maximum atomic E-state index is 10.6. The Balaban J connectivity index is 2.31. The summed E-state index contributed by atoms with van der Waals surface area (Å²) in [5.41, 5.74) is 0.920. The van der Waals surface area contributed by atoms with Crippen LogP contribution in [0.2, 0.25) is 0 Å². The molecule has 16 heavy (non-hydrogen) atoms. The molecule has 0 spiro atoms. The van der Waals surface area contributed by atoms with Crippen LogP contribution in [-0.2, 0) is 0 Å². The van der Waals surface area contributed by atoms with Crippen LogP contribution in [0, 0.1) is 0 Å². The van der Waals surface area contributed by atoms with Gasteiger partial charge in [0.2, 0.25) is 0 Å². The Morgan fingerprint density at radius 2 is 1.94 bits per heavy atom. The first-order valence-corrected chi connectivity index (χ1v) is 6.40. The van der Waals surface area contributed by atoms with Crippen LogP contribution in [0.5, 0.6) is 0 Å². The first kappa shape index (κ1) is 11.1. The molecule has 2 aromatic heterocycles. The minimum atomic E-state index is 0.761. The van der Waals surface area contributed by atoms with Gasteiger partial charge in [-0.05, 0) is 24.3 Å². The minimum Gasteiger partial charge on any atom is -0.387 e. The average Bonchev–Trinajstić information content (AvgIpc) is 2.95. The van der Waals surface area contributed by atoms with E-state index in [4.69, 9.17) is 0 Å². The molecule has 2 heterocycles. The molecule has 0 radical (unpaired) electrons. The van der Waals surface area contributed by atoms with Crippen molar-refractivity contribution in [2.24, 2.45) is 0 Å². The average molecular weight is 249 g/mol. The van der Waals surface area contributed by atoms with Crippen molar-refractivity contribution in [3.63, 3.8) is 0 Å². The van der Waals surface area contributed by atoms with Crippen LogP contribution in [0.4, 0.5) is 0 Å². The van der Waals surface area contributed by atoms with Crippen LogP contribution in [0.25, 0.3) is 15.5 Å². The lowest BCUT2D eigenvalue weighted by atomic mass is 10.3. The summed E-state index contributed by atoms with van der Waals surface area (Å²) in [6.45, 7) is 3.92. The summed E-state index contributed by atoms with van der Waals surface area (Å²) in [4.78, 5) is 14.8. The van der Waals surface area contributed by atoms with E-state index in [1.54, 1.807) is 11.3 Å². The van der Waals surface area contributed by atoms with Gasteiger partial charge in [-0.2, -0.15) is 0 Å². The predicted octanol–water partition coefficient (Wildman–Crippen LogP) is 3.48. The van der Waals surface area contributed by atoms with Crippen molar-refractivity contribution in [2.75, 3.05) is 7.05 Å². The SMILES string of the molecule is C=C(NC)c1ccc(-c2ccc(C=O)s2)s1. The molecule has 0 amide bonds. The van der Waals surface area contributed by atoms with Gasteiger partial charge in [0, 0.05) is 22.5 Å². The smallest absolute Gasteiger partial charge is 0.160 e. The molecule has 0 bridgehead atoms. The first-order valence-electron chi connectivity index (χ1n) is 4.77. The number of hydrogen-bond acceptors (Lipinski definition) is 4. The van der Waals surface area contributed by atoms with Crippen molar-refractivity contribution in [3.05, 3.63) is 40.6 Å². The summed E-state index contributed by atoms with van der Waals surface area (Å²) < 4.78 is 0. The van der Waals surface area contributed by atoms with E-state index < -0.39 is 0 Å². The Morgan fingerprint density at radius 1 is 1.25 bits per heavy atom. The monoisotopic (exact) mass is 249 g/mol. The van der Waals surface area contributed by atoms with Gasteiger partial charge in [-0.25, -0.2) is 0 Å². The molecule has 2 nitrogen and oxygen atoms in total. The largest absolute Gasteiger partial charge is 0.387 e. The van der Waals surface area contributed by atoms with Gasteiger partial charge in [0.25, 0.3) is 0 Å². The zero-order valence-corrected chi connectivity index (χ0v) is 10.5. The van der Waals surface area contributed by atoms with Crippen LogP contribution in [0.3, 0.4) is 0 Å². The molecule has 0 aromatic carbocycles. The molecule has 0 atom stereocenters. The highest BCUT2D eigenvalue weighted by atomic mass is 32.1. The fourth-order valence-corrected chi connectivity index (χ4v) is 3.20. The molecule has 0 fully saturated rings. The molecule has 0 unspecified atom stereocenters. The summed E-state index contributed by atoms with van der Waals surface area (Å²) in [5.74, 6) is 0. The van der Waals surface area contributed by atoms with Crippen molar-refractivity contribution in [1.82, 2.24) is 5.32 Å². The molecule has 82 valence electrons. The zero-order valence-electron chi connectivity index (χ0n) is 8.82. The number of thiophene rings is 2. The highest BCUT2D eigenvalue weighted by Gasteiger charge is 2.07. The van der Waals surface area contributed by atoms with Crippen molar-refractivity contribution in [1.29, 1.82) is 0 Å². The van der Waals surface area contributed by atoms with Crippen molar-refractivity contribution < 1.29 is 4.79 Å². The third kappa shape index (κ3) is 2.08. The van der Waals surface area contributed by atoms with Crippen LogP contribution >= 0.6 is 22.7 Å². The molecular formula is C12H11NOS2. The number of carbonyl (C=O) groups is 1. The Morgan fingerprint density at radius 3 is 2.56 bits per heavy atom. The quantitative estimate of drug-likeness (QED) is 0.840. The Labute approximate surface area is 102 Å². The molecule has 0 saturated heterocycles. The number of nitrogens with one attached hydrogen (secondary N) is 1. The minimum absolute atomic E-state index is 0.761. The molecule has 2 aromatic rings. The Kier molecular flexibility index (Phi) is 3.22. The lowest BCUT2D eigenvalue weighted by Gasteiger charge is -1.98. The molecule has 0 saturated carbocycles. The second-order valence-electron chi connectivity index (χ2n) is 3.21. The fraction of sp³-hybridized carbons (Fsp3) is 0.0833. The van der Waals surface area contributed by atoms with E-state index in [2.05, 4.69) is 18.0 Å². The Hall–Kier alpha value is -1.39. The first-order chi connectivity index (χ1) is 7.74. The Bertz CT molecular complexity index is 525. The molecule has 2 rings (SSSR count). The molecule has 4 heteroatoms. The lowest BCUT2D eigenvalue weighted by Crippen LogP contribution is -2.00. The van der Waals surface area contributed by atoms with E-state index in [9.17, 15) is 4.79 Å². The van der Waals surface area contributed by atoms with Crippen molar-refractivity contribution in [2.45, 2.75) is 0 Å². The second-order valence-corrected chi connectivity index (χ2v) is 5.41. The molecule has 1 N–H and O–H groups in total. The van der Waals surface area contributed by atoms with Crippen molar-refractivity contribution >= 4 is 34.7 Å². The van der Waals surface area contributed by atoms with Gasteiger partial charge < -0.3 is 5.32 Å². The normalized spacial score (nSPS) is 10.1. The topological polar surface area (TPSA) is 29.1 Å². The predicted molar refractivity (Wildman–Crippen MR) is 71.1 cm³/mol.